The lowest BCUT2D eigenvalue weighted by Gasteiger charge is -2.40. The van der Waals surface area contributed by atoms with E-state index >= 15 is 0 Å². The summed E-state index contributed by atoms with van der Waals surface area (Å²) in [7, 11) is 0. The third-order valence-electron chi connectivity index (χ3n) is 11.4. The van der Waals surface area contributed by atoms with Crippen LogP contribution in [0, 0.1) is 11.3 Å². The van der Waals surface area contributed by atoms with Crippen LogP contribution in [0.15, 0.2) is 23.0 Å². The van der Waals surface area contributed by atoms with Crippen LogP contribution in [0.25, 0.3) is 11.4 Å². The van der Waals surface area contributed by atoms with Gasteiger partial charge in [0, 0.05) is 67.8 Å². The molecule has 2 saturated heterocycles. The second-order valence-corrected chi connectivity index (χ2v) is 15.9. The van der Waals surface area contributed by atoms with E-state index in [0.717, 1.165) is 124 Å². The highest BCUT2D eigenvalue weighted by molar-refractivity contribution is 7.16. The largest absolute Gasteiger partial charge is 0.389 e. The first-order chi connectivity index (χ1) is 24.8. The lowest BCUT2D eigenvalue weighted by molar-refractivity contribution is 0.0990. The average molecular weight is 711 g/mol. The van der Waals surface area contributed by atoms with Crippen LogP contribution in [-0.4, -0.2) is 96.8 Å². The first-order valence-electron chi connectivity index (χ1n) is 18.3. The number of rotatable bonds is 6. The molecule has 51 heavy (non-hydrogen) atoms. The molecule has 4 aromatic rings. The van der Waals surface area contributed by atoms with Gasteiger partial charge in [-0.1, -0.05) is 10.4 Å². The van der Waals surface area contributed by atoms with Crippen LogP contribution in [-0.2, 0) is 24.8 Å². The summed E-state index contributed by atoms with van der Waals surface area (Å²) in [5, 5.41) is 26.8. The van der Waals surface area contributed by atoms with E-state index in [9.17, 15) is 10.1 Å². The van der Waals surface area contributed by atoms with E-state index in [1.807, 2.05) is 4.90 Å². The Hall–Kier alpha value is -4.39. The molecule has 268 valence electrons. The SMILES string of the molecule is CC(C)N(C(=O)n1ccnn1)C1CCN(Cc2cc(-c3noc4c3CCC[C@@]43CCCc4sc(N)c(C#N)c43)nc(N3CCNC[C@@H]3C)n2)CC1. The number of piperazine rings is 1. The van der Waals surface area contributed by atoms with E-state index in [1.54, 1.807) is 17.5 Å². The smallest absolute Gasteiger partial charge is 0.346 e. The third-order valence-corrected chi connectivity index (χ3v) is 12.4. The molecule has 2 atom stereocenters. The maximum absolute atomic E-state index is 13.3. The quantitative estimate of drug-likeness (QED) is 0.291. The Morgan fingerprint density at radius 3 is 2.75 bits per heavy atom. The van der Waals surface area contributed by atoms with E-state index in [1.165, 1.54) is 15.8 Å². The molecule has 0 aromatic carbocycles. The van der Waals surface area contributed by atoms with Gasteiger partial charge in [-0.15, -0.1) is 16.4 Å². The molecule has 14 nitrogen and oxygen atoms in total. The van der Waals surface area contributed by atoms with Crippen molar-refractivity contribution in [2.24, 2.45) is 0 Å². The topological polar surface area (TPSA) is 171 Å². The minimum absolute atomic E-state index is 0.0440. The lowest BCUT2D eigenvalue weighted by atomic mass is 9.63. The van der Waals surface area contributed by atoms with Gasteiger partial charge in [-0.3, -0.25) is 4.90 Å². The fraction of sp³-hybridized carbons (Fsp3) is 0.583. The highest BCUT2D eigenvalue weighted by atomic mass is 32.1. The summed E-state index contributed by atoms with van der Waals surface area (Å²) in [5.74, 6) is 1.60. The van der Waals surface area contributed by atoms with Crippen molar-refractivity contribution in [2.75, 3.05) is 43.4 Å². The standard InChI is InChI=1S/C36H46N12O2S/c1-22(2)48(35(49)47-17-13-40-44-47)25-8-14-45(15-9-25)21-24-18-28(42-34(41-24)46-16-12-39-20-23(46)3)31-26-6-4-10-36(32(26)50-43-31)11-5-7-29-30(36)27(19-37)33(38)51-29/h13,17-18,22-23,25,39H,4-12,14-16,20-21,38H2,1-3H3/t23-,36-/m0/s1. The van der Waals surface area contributed by atoms with Crippen molar-refractivity contribution < 1.29 is 9.32 Å². The van der Waals surface area contributed by atoms with Crippen LogP contribution >= 0.6 is 11.3 Å². The Kier molecular flexibility index (Phi) is 9.02. The van der Waals surface area contributed by atoms with Crippen molar-refractivity contribution in [3.8, 4) is 17.5 Å². The predicted octanol–water partition coefficient (Wildman–Crippen LogP) is 4.34. The summed E-state index contributed by atoms with van der Waals surface area (Å²) in [6.45, 7) is 11.2. The zero-order valence-electron chi connectivity index (χ0n) is 29.6. The molecule has 2 fully saturated rings. The minimum atomic E-state index is -0.388. The van der Waals surface area contributed by atoms with Crippen molar-refractivity contribution in [3.05, 3.63) is 51.5 Å². The summed E-state index contributed by atoms with van der Waals surface area (Å²) in [6, 6.07) is 4.78. The number of piperidine rings is 1. The van der Waals surface area contributed by atoms with E-state index < -0.39 is 0 Å². The number of aryl methyl sites for hydroxylation is 1. The molecule has 1 spiro atoms. The number of hydrogen-bond donors (Lipinski definition) is 2. The maximum Gasteiger partial charge on any atom is 0.346 e. The van der Waals surface area contributed by atoms with Crippen molar-refractivity contribution >= 4 is 28.3 Å². The van der Waals surface area contributed by atoms with Gasteiger partial charge in [0.25, 0.3) is 0 Å². The number of nitrogens with two attached hydrogens (primary N) is 1. The van der Waals surface area contributed by atoms with Crippen LogP contribution in [0.5, 0.6) is 0 Å². The highest BCUT2D eigenvalue weighted by Crippen LogP contribution is 2.55. The van der Waals surface area contributed by atoms with Crippen LogP contribution in [0.2, 0.25) is 0 Å². The number of thiophene rings is 1. The number of amides is 1. The Balaban J connectivity index is 1.10. The van der Waals surface area contributed by atoms with Crippen LogP contribution in [0.3, 0.4) is 0 Å². The summed E-state index contributed by atoms with van der Waals surface area (Å²) >= 11 is 1.56. The van der Waals surface area contributed by atoms with Gasteiger partial charge in [-0.05, 0) is 83.8 Å². The molecule has 6 heterocycles. The molecule has 3 N–H and O–H groups in total. The van der Waals surface area contributed by atoms with E-state index in [-0.39, 0.29) is 29.6 Å². The fourth-order valence-corrected chi connectivity index (χ4v) is 10.2. The highest BCUT2D eigenvalue weighted by Gasteiger charge is 2.48. The first kappa shape index (κ1) is 33.7. The molecular formula is C36H46N12O2S. The number of nitriles is 1. The van der Waals surface area contributed by atoms with Crippen molar-refractivity contribution in [1.29, 1.82) is 5.26 Å². The molecule has 1 amide bonds. The number of likely N-dealkylation sites (tertiary alicyclic amines) is 1. The number of carbonyl (C=O) groups excluding carboxylic acids is 1. The fourth-order valence-electron chi connectivity index (χ4n) is 9.01. The summed E-state index contributed by atoms with van der Waals surface area (Å²) in [4.78, 5) is 31.5. The zero-order valence-corrected chi connectivity index (χ0v) is 30.5. The number of nitrogens with zero attached hydrogens (tertiary/aromatic N) is 10. The van der Waals surface area contributed by atoms with E-state index in [4.69, 9.17) is 25.4 Å². The molecule has 0 saturated carbocycles. The van der Waals surface area contributed by atoms with Crippen molar-refractivity contribution in [1.82, 2.24) is 45.2 Å². The van der Waals surface area contributed by atoms with Gasteiger partial charge in [0.05, 0.1) is 34.8 Å². The van der Waals surface area contributed by atoms with Gasteiger partial charge >= 0.3 is 6.03 Å². The molecule has 4 aromatic heterocycles. The monoisotopic (exact) mass is 710 g/mol. The van der Waals surface area contributed by atoms with E-state index in [2.05, 4.69) is 58.3 Å². The Morgan fingerprint density at radius 2 is 2.02 bits per heavy atom. The Labute approximate surface area is 302 Å². The molecule has 0 radical (unpaired) electrons. The van der Waals surface area contributed by atoms with Crippen LogP contribution in [0.1, 0.15) is 92.3 Å². The van der Waals surface area contributed by atoms with Crippen LogP contribution < -0.4 is 16.0 Å². The molecule has 2 aliphatic carbocycles. The molecular weight excluding hydrogens is 665 g/mol. The second-order valence-electron chi connectivity index (χ2n) is 14.8. The minimum Gasteiger partial charge on any atom is -0.389 e. The Morgan fingerprint density at radius 1 is 1.22 bits per heavy atom. The molecule has 2 aliphatic heterocycles. The van der Waals surface area contributed by atoms with Gasteiger partial charge < -0.3 is 25.4 Å². The van der Waals surface area contributed by atoms with Crippen molar-refractivity contribution in [2.45, 2.75) is 102 Å². The zero-order chi connectivity index (χ0) is 35.3. The lowest BCUT2D eigenvalue weighted by Crippen LogP contribution is -2.51. The van der Waals surface area contributed by atoms with Crippen molar-refractivity contribution in [3.63, 3.8) is 0 Å². The normalized spacial score (nSPS) is 22.6. The van der Waals surface area contributed by atoms with Crippen LogP contribution in [0.4, 0.5) is 15.7 Å². The van der Waals surface area contributed by atoms with Gasteiger partial charge in [-0.25, -0.2) is 14.8 Å². The number of anilines is 2. The number of fused-ring (bicyclic) bond motifs is 4. The molecule has 0 bridgehead atoms. The van der Waals surface area contributed by atoms with Gasteiger partial charge in [-0.2, -0.15) is 9.94 Å². The van der Waals surface area contributed by atoms with Gasteiger partial charge in [0.2, 0.25) is 5.95 Å². The third kappa shape index (κ3) is 5.96. The predicted molar refractivity (Wildman–Crippen MR) is 193 cm³/mol. The second kappa shape index (κ2) is 13.6. The summed E-state index contributed by atoms with van der Waals surface area (Å²) in [6.07, 6.45) is 10.5. The molecule has 8 rings (SSSR count). The Bertz CT molecular complexity index is 1930. The summed E-state index contributed by atoms with van der Waals surface area (Å²) < 4.78 is 7.69. The van der Waals surface area contributed by atoms with E-state index in [0.29, 0.717) is 17.1 Å². The van der Waals surface area contributed by atoms with Gasteiger partial charge in [0.1, 0.15) is 16.8 Å². The summed E-state index contributed by atoms with van der Waals surface area (Å²) in [5.41, 5.74) is 11.3. The van der Waals surface area contributed by atoms with Gasteiger partial charge in [0.15, 0.2) is 5.76 Å². The average Bonchev–Trinajstić information content (AvgIpc) is 3.89. The number of carbonyl (C=O) groups is 1. The first-order valence-corrected chi connectivity index (χ1v) is 19.2. The number of nitrogen functional groups attached to an aromatic ring is 1. The number of hydrogen-bond acceptors (Lipinski definition) is 13. The number of nitrogens with one attached hydrogen (secondary N) is 1. The molecule has 15 heteroatoms. The maximum atomic E-state index is 13.3. The molecule has 0 unspecified atom stereocenters. The number of aromatic nitrogens is 6. The molecule has 4 aliphatic rings.